The molecule has 1 nitrogen and oxygen atoms in total. The third kappa shape index (κ3) is 4.99. The largest absolute Gasteiger partial charge is 0.381 e. The van der Waals surface area contributed by atoms with Crippen molar-refractivity contribution in [2.75, 3.05) is 13.2 Å². The first-order valence-corrected chi connectivity index (χ1v) is 7.64. The van der Waals surface area contributed by atoms with E-state index in [1.54, 1.807) is 0 Å². The van der Waals surface area contributed by atoms with Gasteiger partial charge in [-0.1, -0.05) is 53.4 Å². The van der Waals surface area contributed by atoms with Crippen LogP contribution in [0.15, 0.2) is 0 Å². The maximum absolute atomic E-state index is 5.53. The Hall–Kier alpha value is -0.0400. The molecule has 0 aromatic rings. The summed E-state index contributed by atoms with van der Waals surface area (Å²) in [4.78, 5) is 0. The monoisotopic (exact) mass is 240 g/mol. The molecule has 1 fully saturated rings. The zero-order valence-electron chi connectivity index (χ0n) is 12.4. The van der Waals surface area contributed by atoms with Crippen LogP contribution in [0, 0.1) is 17.3 Å². The molecule has 0 spiro atoms. The van der Waals surface area contributed by atoms with Gasteiger partial charge in [0.25, 0.3) is 0 Å². The molecule has 0 bridgehead atoms. The Balaban J connectivity index is 2.25. The van der Waals surface area contributed by atoms with Crippen molar-refractivity contribution in [2.24, 2.45) is 17.3 Å². The Bertz CT molecular complexity index is 190. The van der Waals surface area contributed by atoms with Gasteiger partial charge in [-0.3, -0.25) is 0 Å². The second-order valence-electron chi connectivity index (χ2n) is 6.62. The highest BCUT2D eigenvalue weighted by Crippen LogP contribution is 2.42. The summed E-state index contributed by atoms with van der Waals surface area (Å²) in [6, 6.07) is 0. The summed E-state index contributed by atoms with van der Waals surface area (Å²) in [6.07, 6.45) is 9.66. The van der Waals surface area contributed by atoms with Gasteiger partial charge in [0.05, 0.1) is 0 Å². The first-order valence-electron chi connectivity index (χ1n) is 7.64. The van der Waals surface area contributed by atoms with Gasteiger partial charge in [-0.05, 0) is 36.5 Å². The Labute approximate surface area is 108 Å². The summed E-state index contributed by atoms with van der Waals surface area (Å²) >= 11 is 0. The van der Waals surface area contributed by atoms with Gasteiger partial charge in [0.1, 0.15) is 0 Å². The van der Waals surface area contributed by atoms with E-state index in [-0.39, 0.29) is 0 Å². The smallest absolute Gasteiger partial charge is 0.0471 e. The molecule has 0 atom stereocenters. The second kappa shape index (κ2) is 7.41. The van der Waals surface area contributed by atoms with Gasteiger partial charge in [-0.15, -0.1) is 0 Å². The van der Waals surface area contributed by atoms with E-state index in [1.807, 2.05) is 0 Å². The van der Waals surface area contributed by atoms with Crippen molar-refractivity contribution in [3.63, 3.8) is 0 Å². The van der Waals surface area contributed by atoms with Crippen LogP contribution >= 0.6 is 0 Å². The van der Waals surface area contributed by atoms with Gasteiger partial charge >= 0.3 is 0 Å². The van der Waals surface area contributed by atoms with Crippen molar-refractivity contribution in [1.29, 1.82) is 0 Å². The molecule has 1 heterocycles. The summed E-state index contributed by atoms with van der Waals surface area (Å²) in [7, 11) is 0. The first-order chi connectivity index (χ1) is 8.07. The van der Waals surface area contributed by atoms with Gasteiger partial charge in [0.2, 0.25) is 0 Å². The van der Waals surface area contributed by atoms with Gasteiger partial charge in [-0.25, -0.2) is 0 Å². The standard InChI is InChI=1S/C16H32O/c1-14(2)8-6-5-7-9-16(15(3)4)10-12-17-13-11-16/h14-15H,5-13H2,1-4H3. The maximum atomic E-state index is 5.53. The summed E-state index contributed by atoms with van der Waals surface area (Å²) in [5.74, 6) is 1.69. The quantitative estimate of drug-likeness (QED) is 0.566. The molecule has 0 saturated carbocycles. The second-order valence-corrected chi connectivity index (χ2v) is 6.62. The summed E-state index contributed by atoms with van der Waals surface area (Å²) in [6.45, 7) is 11.4. The highest BCUT2D eigenvalue weighted by molar-refractivity contribution is 4.84. The number of hydrogen-bond acceptors (Lipinski definition) is 1. The molecule has 0 aromatic carbocycles. The predicted octanol–water partition coefficient (Wildman–Crippen LogP) is 5.05. The Morgan fingerprint density at radius 2 is 1.59 bits per heavy atom. The third-order valence-electron chi connectivity index (χ3n) is 4.67. The Kier molecular flexibility index (Phi) is 6.54. The molecule has 0 aliphatic carbocycles. The molecular weight excluding hydrogens is 208 g/mol. The number of unbranched alkanes of at least 4 members (excludes halogenated alkanes) is 2. The van der Waals surface area contributed by atoms with E-state index in [4.69, 9.17) is 4.74 Å². The van der Waals surface area contributed by atoms with Crippen molar-refractivity contribution in [1.82, 2.24) is 0 Å². The van der Waals surface area contributed by atoms with E-state index in [1.165, 1.54) is 44.9 Å². The molecule has 1 rings (SSSR count). The Morgan fingerprint density at radius 1 is 0.941 bits per heavy atom. The summed E-state index contributed by atoms with van der Waals surface area (Å²) < 4.78 is 5.53. The molecular formula is C16H32O. The SMILES string of the molecule is CC(C)CCCCCC1(C(C)C)CCOCC1. The minimum atomic E-state index is 0.593. The van der Waals surface area contributed by atoms with Crippen LogP contribution in [-0.4, -0.2) is 13.2 Å². The molecule has 0 amide bonds. The van der Waals surface area contributed by atoms with E-state index in [2.05, 4.69) is 27.7 Å². The van der Waals surface area contributed by atoms with Crippen molar-refractivity contribution in [2.45, 2.75) is 72.6 Å². The van der Waals surface area contributed by atoms with E-state index < -0.39 is 0 Å². The van der Waals surface area contributed by atoms with Gasteiger partial charge in [0.15, 0.2) is 0 Å². The van der Waals surface area contributed by atoms with Crippen LogP contribution < -0.4 is 0 Å². The van der Waals surface area contributed by atoms with E-state index in [0.717, 1.165) is 25.0 Å². The van der Waals surface area contributed by atoms with Crippen molar-refractivity contribution in [3.05, 3.63) is 0 Å². The first kappa shape index (κ1) is 15.0. The van der Waals surface area contributed by atoms with Crippen LogP contribution in [0.25, 0.3) is 0 Å². The average Bonchev–Trinajstić information content (AvgIpc) is 2.29. The lowest BCUT2D eigenvalue weighted by Gasteiger charge is -2.41. The Morgan fingerprint density at radius 3 is 2.12 bits per heavy atom. The molecule has 0 aromatic heterocycles. The van der Waals surface area contributed by atoms with Gasteiger partial charge in [0, 0.05) is 13.2 Å². The molecule has 1 aliphatic rings. The van der Waals surface area contributed by atoms with Gasteiger partial charge in [-0.2, -0.15) is 0 Å². The lowest BCUT2D eigenvalue weighted by Crippen LogP contribution is -2.34. The van der Waals surface area contributed by atoms with Crippen LogP contribution in [0.2, 0.25) is 0 Å². The van der Waals surface area contributed by atoms with Crippen LogP contribution in [0.4, 0.5) is 0 Å². The number of ether oxygens (including phenoxy) is 1. The molecule has 102 valence electrons. The van der Waals surface area contributed by atoms with Crippen molar-refractivity contribution >= 4 is 0 Å². The fraction of sp³-hybridized carbons (Fsp3) is 1.00. The molecule has 1 saturated heterocycles. The van der Waals surface area contributed by atoms with E-state index >= 15 is 0 Å². The summed E-state index contributed by atoms with van der Waals surface area (Å²) in [5.41, 5.74) is 0.593. The normalized spacial score (nSPS) is 20.1. The zero-order chi connectivity index (χ0) is 12.7. The van der Waals surface area contributed by atoms with Gasteiger partial charge < -0.3 is 4.74 Å². The molecule has 0 radical (unpaired) electrons. The number of rotatable bonds is 7. The molecule has 17 heavy (non-hydrogen) atoms. The highest BCUT2D eigenvalue weighted by atomic mass is 16.5. The molecule has 1 aliphatic heterocycles. The molecule has 0 N–H and O–H groups in total. The predicted molar refractivity (Wildman–Crippen MR) is 75.2 cm³/mol. The average molecular weight is 240 g/mol. The zero-order valence-corrected chi connectivity index (χ0v) is 12.4. The number of hydrogen-bond donors (Lipinski definition) is 0. The van der Waals surface area contributed by atoms with Crippen LogP contribution in [0.3, 0.4) is 0 Å². The minimum absolute atomic E-state index is 0.593. The lowest BCUT2D eigenvalue weighted by atomic mass is 9.68. The van der Waals surface area contributed by atoms with Crippen LogP contribution in [0.5, 0.6) is 0 Å². The maximum Gasteiger partial charge on any atom is 0.0471 e. The molecule has 1 heteroatoms. The fourth-order valence-electron chi connectivity index (χ4n) is 3.10. The topological polar surface area (TPSA) is 9.23 Å². The third-order valence-corrected chi connectivity index (χ3v) is 4.67. The summed E-state index contributed by atoms with van der Waals surface area (Å²) in [5, 5.41) is 0. The minimum Gasteiger partial charge on any atom is -0.381 e. The van der Waals surface area contributed by atoms with Crippen LogP contribution in [-0.2, 0) is 4.74 Å². The van der Waals surface area contributed by atoms with E-state index in [9.17, 15) is 0 Å². The highest BCUT2D eigenvalue weighted by Gasteiger charge is 2.34. The lowest BCUT2D eigenvalue weighted by molar-refractivity contribution is -0.0167. The van der Waals surface area contributed by atoms with E-state index in [0.29, 0.717) is 5.41 Å². The fourth-order valence-corrected chi connectivity index (χ4v) is 3.10. The molecule has 0 unspecified atom stereocenters. The van der Waals surface area contributed by atoms with Crippen LogP contribution in [0.1, 0.15) is 72.6 Å². The van der Waals surface area contributed by atoms with Crippen molar-refractivity contribution < 1.29 is 4.74 Å². The van der Waals surface area contributed by atoms with Crippen molar-refractivity contribution in [3.8, 4) is 0 Å².